The molecule has 46 heavy (non-hydrogen) atoms. The van der Waals surface area contributed by atoms with Crippen LogP contribution in [0.25, 0.3) is 0 Å². The van der Waals surface area contributed by atoms with Gasteiger partial charge in [0.1, 0.15) is 5.78 Å². The van der Waals surface area contributed by atoms with Gasteiger partial charge < -0.3 is 19.3 Å². The lowest BCUT2D eigenvalue weighted by Gasteiger charge is -2.40. The molecule has 0 aliphatic carbocycles. The minimum Gasteiger partial charge on any atom is -0.379 e. The van der Waals surface area contributed by atoms with Gasteiger partial charge in [0.2, 0.25) is 11.8 Å². The minimum absolute atomic E-state index is 0.0192. The van der Waals surface area contributed by atoms with Crippen LogP contribution in [0, 0.1) is 23.7 Å². The molecule has 2 aromatic rings. The number of aromatic nitrogens is 1. The quantitative estimate of drug-likeness (QED) is 0.179. The van der Waals surface area contributed by atoms with E-state index in [-0.39, 0.29) is 59.8 Å². The molecule has 1 aromatic heterocycles. The van der Waals surface area contributed by atoms with Gasteiger partial charge in [-0.1, -0.05) is 78.3 Å². The molecule has 0 spiro atoms. The molecular formula is C37H57N3O5S. The fourth-order valence-electron chi connectivity index (χ4n) is 6.96. The number of thiazole rings is 1. The zero-order valence-electron chi connectivity index (χ0n) is 29.5. The molecule has 1 aliphatic heterocycles. The predicted molar refractivity (Wildman–Crippen MR) is 185 cm³/mol. The average molecular weight is 656 g/mol. The molecule has 1 saturated heterocycles. The first-order chi connectivity index (χ1) is 21.9. The first-order valence-corrected chi connectivity index (χ1v) is 17.9. The lowest BCUT2D eigenvalue weighted by molar-refractivity contribution is -0.147. The summed E-state index contributed by atoms with van der Waals surface area (Å²) in [6.45, 7) is 12.9. The van der Waals surface area contributed by atoms with Crippen LogP contribution in [0.15, 0.2) is 41.9 Å². The summed E-state index contributed by atoms with van der Waals surface area (Å²) in [5.41, 5.74) is 1.17. The maximum absolute atomic E-state index is 14.0. The molecular weight excluding hydrogens is 598 g/mol. The molecule has 0 radical (unpaired) electrons. The first-order valence-electron chi connectivity index (χ1n) is 17.0. The Morgan fingerprint density at radius 1 is 1.02 bits per heavy atom. The van der Waals surface area contributed by atoms with Gasteiger partial charge in [-0.05, 0) is 36.7 Å². The molecule has 2 heterocycles. The fourth-order valence-corrected chi connectivity index (χ4v) is 7.70. The average Bonchev–Trinajstić information content (AvgIpc) is 3.77. The number of hydrogen-bond acceptors (Lipinski definition) is 7. The molecule has 0 N–H and O–H groups in total. The van der Waals surface area contributed by atoms with E-state index in [1.54, 1.807) is 31.8 Å². The zero-order chi connectivity index (χ0) is 34.0. The molecule has 8 nitrogen and oxygen atoms in total. The van der Waals surface area contributed by atoms with Crippen LogP contribution in [0.5, 0.6) is 0 Å². The smallest absolute Gasteiger partial charge is 0.225 e. The normalized spacial score (nSPS) is 19.7. The molecule has 1 aliphatic rings. The number of hydrogen-bond donors (Lipinski definition) is 0. The highest BCUT2D eigenvalue weighted by Crippen LogP contribution is 2.33. The third kappa shape index (κ3) is 9.48. The van der Waals surface area contributed by atoms with Crippen molar-refractivity contribution < 1.29 is 23.9 Å². The van der Waals surface area contributed by atoms with Gasteiger partial charge in [-0.3, -0.25) is 14.4 Å². The number of ether oxygens (including phenoxy) is 2. The number of carbonyl (C=O) groups excluding carboxylic acids is 3. The Bertz CT molecular complexity index is 1220. The Hall–Kier alpha value is -2.62. The highest BCUT2D eigenvalue weighted by molar-refractivity contribution is 7.09. The highest BCUT2D eigenvalue weighted by Gasteiger charge is 2.42. The van der Waals surface area contributed by atoms with E-state index in [4.69, 9.17) is 9.47 Å². The summed E-state index contributed by atoms with van der Waals surface area (Å²) in [5, 5.41) is 2.92. The Balaban J connectivity index is 1.75. The highest BCUT2D eigenvalue weighted by atomic mass is 32.1. The van der Waals surface area contributed by atoms with Gasteiger partial charge in [-0.25, -0.2) is 4.98 Å². The topological polar surface area (TPSA) is 89.0 Å². The van der Waals surface area contributed by atoms with Crippen molar-refractivity contribution in [3.05, 3.63) is 52.5 Å². The third-order valence-corrected chi connectivity index (χ3v) is 11.3. The molecule has 9 heteroatoms. The van der Waals surface area contributed by atoms with Crippen LogP contribution in [0.3, 0.4) is 0 Å². The number of carbonyl (C=O) groups is 3. The molecule has 0 bridgehead atoms. The summed E-state index contributed by atoms with van der Waals surface area (Å²) in [6.07, 6.45) is 4.67. The largest absolute Gasteiger partial charge is 0.379 e. The molecule has 2 amide bonds. The predicted octanol–water partition coefficient (Wildman–Crippen LogP) is 6.64. The van der Waals surface area contributed by atoms with E-state index in [0.29, 0.717) is 13.0 Å². The van der Waals surface area contributed by atoms with Crippen LogP contribution >= 0.6 is 11.3 Å². The van der Waals surface area contributed by atoms with E-state index in [1.807, 2.05) is 54.3 Å². The van der Waals surface area contributed by atoms with Crippen molar-refractivity contribution in [2.24, 2.45) is 23.7 Å². The maximum Gasteiger partial charge on any atom is 0.225 e. The summed E-state index contributed by atoms with van der Waals surface area (Å²) >= 11 is 1.58. The summed E-state index contributed by atoms with van der Waals surface area (Å²) in [7, 11) is 5.12. The number of Topliss-reactive ketones (excluding diaryl/α,β-unsaturated/α-hetero) is 1. The lowest BCUT2D eigenvalue weighted by Crippen LogP contribution is -2.53. The molecule has 1 aromatic carbocycles. The summed E-state index contributed by atoms with van der Waals surface area (Å²) < 4.78 is 12.0. The van der Waals surface area contributed by atoms with Crippen LogP contribution in [-0.4, -0.2) is 84.5 Å². The number of likely N-dealkylation sites (N-methyl/N-ethyl adjacent to an activating group) is 1. The van der Waals surface area contributed by atoms with Crippen LogP contribution in [-0.2, 0) is 30.3 Å². The number of ketones is 1. The van der Waals surface area contributed by atoms with E-state index in [9.17, 15) is 14.4 Å². The summed E-state index contributed by atoms with van der Waals surface area (Å²) in [5.74, 6) is -0.0118. The SMILES string of the molecule is CC[C@H](C)[C@@H]([C@@H](CC(=O)N1CCC[C@H]1[C@H](OC)[C@@H](C)C(=O)C[C@@H](Cc1ccccc1)c1nccs1)OC)N(C)C(=O)[C@@H](C)C(C)C. The molecule has 0 unspecified atom stereocenters. The van der Waals surface area contributed by atoms with E-state index >= 15 is 0 Å². The standard InChI is InChI=1S/C37H57N3O5S/c1-10-25(4)34(39(7)37(43)26(5)24(2)3)32(44-8)23-33(42)40-19-14-17-30(40)35(45-9)27(6)31(41)22-29(36-38-18-20-46-36)21-28-15-12-11-13-16-28/h11-13,15-16,18,20,24-27,29-30,32,34-35H,10,14,17,19,21-23H2,1-9H3/t25-,26-,27-,29+,30-,32+,34-,35+/m0/s1. The Morgan fingerprint density at radius 2 is 1.72 bits per heavy atom. The molecule has 0 saturated carbocycles. The number of methoxy groups -OCH3 is 2. The Morgan fingerprint density at radius 3 is 2.28 bits per heavy atom. The number of nitrogens with zero attached hydrogens (tertiary/aromatic N) is 3. The number of rotatable bonds is 18. The minimum atomic E-state index is -0.450. The van der Waals surface area contributed by atoms with Crippen LogP contribution in [0.2, 0.25) is 0 Å². The number of benzene rings is 1. The third-order valence-electron chi connectivity index (χ3n) is 10.3. The van der Waals surface area contributed by atoms with E-state index < -0.39 is 18.1 Å². The van der Waals surface area contributed by atoms with Crippen LogP contribution in [0.1, 0.15) is 90.1 Å². The summed E-state index contributed by atoms with van der Waals surface area (Å²) in [6, 6.07) is 9.78. The van der Waals surface area contributed by atoms with E-state index in [1.165, 1.54) is 5.56 Å². The monoisotopic (exact) mass is 655 g/mol. The fraction of sp³-hybridized carbons (Fsp3) is 0.676. The van der Waals surface area contributed by atoms with Crippen molar-refractivity contribution in [1.82, 2.24) is 14.8 Å². The molecule has 256 valence electrons. The first kappa shape index (κ1) is 37.8. The second-order valence-corrected chi connectivity index (χ2v) is 14.5. The van der Waals surface area contributed by atoms with E-state index in [0.717, 1.165) is 30.7 Å². The van der Waals surface area contributed by atoms with Crippen molar-refractivity contribution in [2.75, 3.05) is 27.8 Å². The number of likely N-dealkylation sites (tertiary alicyclic amines) is 1. The van der Waals surface area contributed by atoms with Gasteiger partial charge in [0.05, 0.1) is 35.7 Å². The van der Waals surface area contributed by atoms with E-state index in [2.05, 4.69) is 44.8 Å². The number of amides is 2. The van der Waals surface area contributed by atoms with Crippen molar-refractivity contribution in [2.45, 2.75) is 110 Å². The van der Waals surface area contributed by atoms with Crippen molar-refractivity contribution >= 4 is 28.9 Å². The van der Waals surface area contributed by atoms with Gasteiger partial charge in [-0.2, -0.15) is 0 Å². The molecule has 8 atom stereocenters. The van der Waals surface area contributed by atoms with Gasteiger partial charge in [0, 0.05) is 63.6 Å². The molecule has 3 rings (SSSR count). The van der Waals surface area contributed by atoms with Crippen molar-refractivity contribution in [3.63, 3.8) is 0 Å². The van der Waals surface area contributed by atoms with Gasteiger partial charge in [-0.15, -0.1) is 11.3 Å². The van der Waals surface area contributed by atoms with Gasteiger partial charge >= 0.3 is 0 Å². The van der Waals surface area contributed by atoms with Gasteiger partial charge in [0.15, 0.2) is 0 Å². The lowest BCUT2D eigenvalue weighted by atomic mass is 9.85. The van der Waals surface area contributed by atoms with Crippen molar-refractivity contribution in [3.8, 4) is 0 Å². The second kappa shape index (κ2) is 18.1. The van der Waals surface area contributed by atoms with Crippen LogP contribution < -0.4 is 0 Å². The second-order valence-electron chi connectivity index (χ2n) is 13.5. The van der Waals surface area contributed by atoms with Crippen LogP contribution in [0.4, 0.5) is 0 Å². The van der Waals surface area contributed by atoms with Gasteiger partial charge in [0.25, 0.3) is 0 Å². The zero-order valence-corrected chi connectivity index (χ0v) is 30.3. The Kier molecular flexibility index (Phi) is 14.9. The Labute approximate surface area is 281 Å². The summed E-state index contributed by atoms with van der Waals surface area (Å²) in [4.78, 5) is 49.6. The molecule has 1 fully saturated rings. The van der Waals surface area contributed by atoms with Crippen molar-refractivity contribution in [1.29, 1.82) is 0 Å². The maximum atomic E-state index is 14.0.